The highest BCUT2D eigenvalue weighted by Crippen LogP contribution is 2.16. The smallest absolute Gasteiger partial charge is 0.345 e. The van der Waals surface area contributed by atoms with E-state index in [9.17, 15) is 32.3 Å². The molecule has 7 nitrogen and oxygen atoms in total. The van der Waals surface area contributed by atoms with Crippen LogP contribution in [0, 0.1) is 0 Å². The van der Waals surface area contributed by atoms with E-state index in [0.29, 0.717) is 17.9 Å². The first-order chi connectivity index (χ1) is 13.6. The highest BCUT2D eigenvalue weighted by molar-refractivity contribution is 6.01. The molecule has 1 unspecified atom stereocenters. The number of aryl methyl sites for hydroxylation is 1. The second-order valence-electron chi connectivity index (χ2n) is 6.79. The summed E-state index contributed by atoms with van der Waals surface area (Å²) in [5, 5.41) is 2.41. The Balaban J connectivity index is 1.73. The van der Waals surface area contributed by atoms with Crippen LogP contribution >= 0.6 is 0 Å². The zero-order valence-corrected chi connectivity index (χ0v) is 15.8. The van der Waals surface area contributed by atoms with Crippen molar-refractivity contribution in [2.75, 3.05) is 0 Å². The summed E-state index contributed by atoms with van der Waals surface area (Å²) in [5.74, 6) is -3.69. The predicted molar refractivity (Wildman–Crippen MR) is 93.9 cm³/mol. The van der Waals surface area contributed by atoms with E-state index in [-0.39, 0.29) is 25.7 Å². The lowest BCUT2D eigenvalue weighted by Gasteiger charge is -2.15. The molecule has 1 fully saturated rings. The van der Waals surface area contributed by atoms with E-state index in [1.807, 2.05) is 5.32 Å². The fourth-order valence-corrected chi connectivity index (χ4v) is 2.79. The number of carbonyl (C=O) groups is 4. The van der Waals surface area contributed by atoms with Gasteiger partial charge in [0.2, 0.25) is 0 Å². The Bertz CT molecular complexity index is 761. The molecular weight excluding hydrogens is 393 g/mol. The van der Waals surface area contributed by atoms with Crippen molar-refractivity contribution in [1.29, 1.82) is 0 Å². The average molecular weight is 414 g/mol. The third-order valence-corrected chi connectivity index (χ3v) is 4.25. The number of carbonyl (C=O) groups excluding carboxylic acids is 4. The summed E-state index contributed by atoms with van der Waals surface area (Å²) in [6.07, 6.45) is -3.59. The number of amides is 3. The number of hydrogen-bond donors (Lipinski definition) is 1. The summed E-state index contributed by atoms with van der Waals surface area (Å²) in [7, 11) is 0. The maximum absolute atomic E-state index is 12.2. The van der Waals surface area contributed by atoms with Crippen LogP contribution in [0.1, 0.15) is 43.7 Å². The number of nitrogens with zero attached hydrogens (tertiary/aromatic N) is 1. The Morgan fingerprint density at radius 1 is 1.10 bits per heavy atom. The van der Waals surface area contributed by atoms with Gasteiger partial charge >= 0.3 is 18.1 Å². The van der Waals surface area contributed by atoms with E-state index in [2.05, 4.69) is 0 Å². The fraction of sp³-hybridized carbons (Fsp3) is 0.474. The van der Waals surface area contributed by atoms with Gasteiger partial charge in [-0.15, -0.1) is 5.06 Å². The molecule has 0 aromatic heterocycles. The Morgan fingerprint density at radius 2 is 1.66 bits per heavy atom. The maximum atomic E-state index is 12.2. The number of alkyl halides is 3. The molecule has 158 valence electrons. The van der Waals surface area contributed by atoms with Crippen LogP contribution in [-0.4, -0.2) is 41.0 Å². The van der Waals surface area contributed by atoms with Crippen LogP contribution in [0.15, 0.2) is 24.3 Å². The van der Waals surface area contributed by atoms with Gasteiger partial charge < -0.3 is 10.2 Å². The molecule has 1 atom stereocenters. The van der Waals surface area contributed by atoms with Gasteiger partial charge in [-0.2, -0.15) is 13.2 Å². The van der Waals surface area contributed by atoms with E-state index in [0.717, 1.165) is 11.1 Å². The van der Waals surface area contributed by atoms with Crippen LogP contribution in [0.25, 0.3) is 0 Å². The summed E-state index contributed by atoms with van der Waals surface area (Å²) in [6.45, 7) is 1.49. The lowest BCUT2D eigenvalue weighted by molar-refractivity contribution is -0.197. The van der Waals surface area contributed by atoms with Gasteiger partial charge in [-0.05, 0) is 37.3 Å². The minimum absolute atomic E-state index is 0.0271. The van der Waals surface area contributed by atoms with Crippen molar-refractivity contribution in [2.24, 2.45) is 0 Å². The molecule has 1 aliphatic heterocycles. The van der Waals surface area contributed by atoms with Crippen molar-refractivity contribution >= 4 is 23.7 Å². The van der Waals surface area contributed by atoms with Crippen LogP contribution in [0.5, 0.6) is 0 Å². The highest BCUT2D eigenvalue weighted by Gasteiger charge is 2.39. The molecule has 1 N–H and O–H groups in total. The van der Waals surface area contributed by atoms with Gasteiger partial charge in [0.1, 0.15) is 0 Å². The molecule has 1 aromatic rings. The molecule has 0 spiro atoms. The van der Waals surface area contributed by atoms with Gasteiger partial charge in [0, 0.05) is 25.3 Å². The van der Waals surface area contributed by atoms with Crippen molar-refractivity contribution in [1.82, 2.24) is 10.4 Å². The number of imide groups is 1. The average Bonchev–Trinajstić information content (AvgIpc) is 2.94. The fourth-order valence-electron chi connectivity index (χ4n) is 2.79. The van der Waals surface area contributed by atoms with Crippen LogP contribution in [0.4, 0.5) is 13.2 Å². The first-order valence-corrected chi connectivity index (χ1v) is 9.08. The Labute approximate surface area is 165 Å². The van der Waals surface area contributed by atoms with Crippen LogP contribution in [0.2, 0.25) is 0 Å². The van der Waals surface area contributed by atoms with E-state index >= 15 is 0 Å². The summed E-state index contributed by atoms with van der Waals surface area (Å²) < 4.78 is 36.7. The molecule has 3 amide bonds. The molecule has 1 aromatic carbocycles. The van der Waals surface area contributed by atoms with Crippen molar-refractivity contribution in [2.45, 2.75) is 57.7 Å². The van der Waals surface area contributed by atoms with Crippen LogP contribution in [-0.2, 0) is 36.9 Å². The monoisotopic (exact) mass is 414 g/mol. The Morgan fingerprint density at radius 3 is 2.21 bits per heavy atom. The van der Waals surface area contributed by atoms with Gasteiger partial charge in [-0.3, -0.25) is 14.4 Å². The quantitative estimate of drug-likeness (QED) is 0.659. The first-order valence-electron chi connectivity index (χ1n) is 9.08. The maximum Gasteiger partial charge on any atom is 0.471 e. The highest BCUT2D eigenvalue weighted by atomic mass is 19.4. The second kappa shape index (κ2) is 9.53. The number of nitrogens with one attached hydrogen (secondary N) is 1. The third-order valence-electron chi connectivity index (χ3n) is 4.25. The predicted octanol–water partition coefficient (Wildman–Crippen LogP) is 2.23. The molecule has 0 aliphatic carbocycles. The molecule has 2 rings (SSSR count). The molecule has 0 radical (unpaired) electrons. The summed E-state index contributed by atoms with van der Waals surface area (Å²) >= 11 is 0. The van der Waals surface area contributed by atoms with E-state index < -0.39 is 35.9 Å². The van der Waals surface area contributed by atoms with Crippen LogP contribution < -0.4 is 5.32 Å². The lowest BCUT2D eigenvalue weighted by atomic mass is 10.0. The topological polar surface area (TPSA) is 92.8 Å². The number of hydrogen-bond acceptors (Lipinski definition) is 5. The molecular formula is C19H21F3N2O5. The Hall–Kier alpha value is -2.91. The van der Waals surface area contributed by atoms with Gasteiger partial charge in [0.05, 0.1) is 0 Å². The summed E-state index contributed by atoms with van der Waals surface area (Å²) in [5.41, 5.74) is 1.66. The minimum atomic E-state index is -4.91. The van der Waals surface area contributed by atoms with Crippen LogP contribution in [0.3, 0.4) is 0 Å². The molecule has 29 heavy (non-hydrogen) atoms. The van der Waals surface area contributed by atoms with Crippen molar-refractivity contribution in [3.8, 4) is 0 Å². The number of benzene rings is 1. The van der Waals surface area contributed by atoms with Gasteiger partial charge in [0.15, 0.2) is 0 Å². The van der Waals surface area contributed by atoms with E-state index in [1.54, 1.807) is 24.3 Å². The Kier molecular flexibility index (Phi) is 7.35. The van der Waals surface area contributed by atoms with Crippen molar-refractivity contribution in [3.05, 3.63) is 35.4 Å². The van der Waals surface area contributed by atoms with Crippen molar-refractivity contribution in [3.63, 3.8) is 0 Å². The van der Waals surface area contributed by atoms with Gasteiger partial charge in [0.25, 0.3) is 11.8 Å². The standard InChI is InChI=1S/C19H21F3N2O5/c1-12(23-18(28)19(20,21)22)11-14-7-5-13(6-8-14)3-2-4-17(27)29-24-15(25)9-10-16(24)26/h5-8,12H,2-4,9-11H2,1H3,(H,23,28). The summed E-state index contributed by atoms with van der Waals surface area (Å²) in [4.78, 5) is 50.2. The van der Waals surface area contributed by atoms with E-state index in [4.69, 9.17) is 4.84 Å². The third kappa shape index (κ3) is 6.88. The molecule has 10 heteroatoms. The number of rotatable bonds is 8. The lowest BCUT2D eigenvalue weighted by Crippen LogP contribution is -2.42. The first kappa shape index (κ1) is 22.4. The molecule has 1 aliphatic rings. The number of halogens is 3. The van der Waals surface area contributed by atoms with Crippen molar-refractivity contribution < 1.29 is 37.2 Å². The van der Waals surface area contributed by atoms with Gasteiger partial charge in [-0.1, -0.05) is 24.3 Å². The SMILES string of the molecule is CC(Cc1ccc(CCCC(=O)ON2C(=O)CCC2=O)cc1)NC(=O)C(F)(F)F. The largest absolute Gasteiger partial charge is 0.471 e. The molecule has 0 saturated carbocycles. The zero-order chi connectivity index (χ0) is 21.6. The van der Waals surface area contributed by atoms with E-state index in [1.165, 1.54) is 6.92 Å². The van der Waals surface area contributed by atoms with Gasteiger partial charge in [-0.25, -0.2) is 4.79 Å². The normalized spacial score (nSPS) is 15.4. The molecule has 1 heterocycles. The summed E-state index contributed by atoms with van der Waals surface area (Å²) in [6, 6.07) is 6.37. The second-order valence-corrected chi connectivity index (χ2v) is 6.79. The molecule has 0 bridgehead atoms. The minimum Gasteiger partial charge on any atom is -0.345 e. The zero-order valence-electron chi connectivity index (χ0n) is 15.8. The molecule has 1 saturated heterocycles. The number of hydroxylamine groups is 2.